The topological polar surface area (TPSA) is 145 Å². The predicted octanol–water partition coefficient (Wildman–Crippen LogP) is 5.09. The quantitative estimate of drug-likeness (QED) is 0.172. The molecular formula is C26H21ClN4O7. The van der Waals surface area contributed by atoms with E-state index in [0.717, 1.165) is 5.56 Å². The number of furan rings is 1. The van der Waals surface area contributed by atoms with Crippen LogP contribution in [0.1, 0.15) is 21.7 Å². The summed E-state index contributed by atoms with van der Waals surface area (Å²) in [6.07, 6.45) is 1.33. The lowest BCUT2D eigenvalue weighted by atomic mass is 10.2. The van der Waals surface area contributed by atoms with Crippen LogP contribution in [-0.4, -0.2) is 36.7 Å². The number of ether oxygens (including phenoxy) is 2. The lowest BCUT2D eigenvalue weighted by molar-refractivity contribution is -0.384. The summed E-state index contributed by atoms with van der Waals surface area (Å²) in [5.74, 6) is -0.669. The Morgan fingerprint density at radius 3 is 2.61 bits per heavy atom. The van der Waals surface area contributed by atoms with Crippen molar-refractivity contribution in [2.24, 2.45) is 5.10 Å². The van der Waals surface area contributed by atoms with E-state index in [2.05, 4.69) is 15.8 Å². The third-order valence-corrected chi connectivity index (χ3v) is 5.53. The Morgan fingerprint density at radius 2 is 1.89 bits per heavy atom. The van der Waals surface area contributed by atoms with Crippen molar-refractivity contribution in [1.82, 2.24) is 5.43 Å². The van der Waals surface area contributed by atoms with Crippen LogP contribution in [0.25, 0.3) is 11.0 Å². The Hall–Kier alpha value is -4.90. The fourth-order valence-corrected chi connectivity index (χ4v) is 3.68. The average molecular weight is 537 g/mol. The molecule has 0 radical (unpaired) electrons. The Balaban J connectivity index is 1.39. The highest BCUT2D eigenvalue weighted by Crippen LogP contribution is 2.36. The fraction of sp³-hybridized carbons (Fsp3) is 0.115. The fourth-order valence-electron chi connectivity index (χ4n) is 3.40. The summed E-state index contributed by atoms with van der Waals surface area (Å²) in [6.45, 7) is 1.65. The van der Waals surface area contributed by atoms with Crippen molar-refractivity contribution in [1.29, 1.82) is 0 Å². The van der Waals surface area contributed by atoms with E-state index in [9.17, 15) is 19.7 Å². The Bertz CT molecular complexity index is 1550. The molecule has 0 aliphatic heterocycles. The number of halogens is 1. The monoisotopic (exact) mass is 536 g/mol. The minimum absolute atomic E-state index is 0.0686. The molecule has 4 rings (SSSR count). The first-order valence-corrected chi connectivity index (χ1v) is 11.5. The Morgan fingerprint density at radius 1 is 1.13 bits per heavy atom. The highest BCUT2D eigenvalue weighted by Gasteiger charge is 2.16. The van der Waals surface area contributed by atoms with Crippen LogP contribution >= 0.6 is 11.6 Å². The summed E-state index contributed by atoms with van der Waals surface area (Å²) in [5, 5.41) is 18.1. The number of hydrogen-bond donors (Lipinski definition) is 2. The van der Waals surface area contributed by atoms with E-state index in [0.29, 0.717) is 22.2 Å². The van der Waals surface area contributed by atoms with Crippen molar-refractivity contribution in [3.63, 3.8) is 0 Å². The molecule has 0 spiro atoms. The summed E-state index contributed by atoms with van der Waals surface area (Å²) in [4.78, 5) is 35.1. The standard InChI is InChI=1S/C26H21ClN4O7/c1-15-3-5-18(6-4-15)29-24(32)14-37-25-20(27)9-16(10-22(25)36-2)13-28-30-26(33)23-12-17-11-19(31(34)35)7-8-21(17)38-23/h3-13H,14H2,1-2H3,(H,29,32)(H,30,33)/b28-13-. The first-order valence-electron chi connectivity index (χ1n) is 11.1. The van der Waals surface area contributed by atoms with Crippen LogP contribution in [0.4, 0.5) is 11.4 Å². The van der Waals surface area contributed by atoms with Crippen LogP contribution in [0.5, 0.6) is 11.5 Å². The molecule has 0 saturated heterocycles. The highest BCUT2D eigenvalue weighted by atomic mass is 35.5. The number of aryl methyl sites for hydroxylation is 1. The van der Waals surface area contributed by atoms with Crippen LogP contribution in [0.2, 0.25) is 5.02 Å². The Kier molecular flexibility index (Phi) is 7.88. The van der Waals surface area contributed by atoms with E-state index in [1.807, 2.05) is 19.1 Å². The lowest BCUT2D eigenvalue weighted by Gasteiger charge is -2.13. The number of nitro benzene ring substituents is 1. The van der Waals surface area contributed by atoms with Crippen molar-refractivity contribution < 1.29 is 28.4 Å². The van der Waals surface area contributed by atoms with Crippen LogP contribution in [-0.2, 0) is 4.79 Å². The molecule has 0 fully saturated rings. The van der Waals surface area contributed by atoms with Gasteiger partial charge in [-0.3, -0.25) is 19.7 Å². The molecule has 0 bridgehead atoms. The van der Waals surface area contributed by atoms with Crippen molar-refractivity contribution in [2.75, 3.05) is 19.0 Å². The number of anilines is 1. The van der Waals surface area contributed by atoms with E-state index in [1.54, 1.807) is 18.2 Å². The van der Waals surface area contributed by atoms with Gasteiger partial charge in [0.15, 0.2) is 23.9 Å². The molecule has 0 saturated carbocycles. The van der Waals surface area contributed by atoms with E-state index < -0.39 is 10.8 Å². The molecule has 2 amide bonds. The number of fused-ring (bicyclic) bond motifs is 1. The Labute approximate surface area is 221 Å². The molecule has 194 valence electrons. The van der Waals surface area contributed by atoms with Crippen molar-refractivity contribution >= 4 is 52.0 Å². The molecule has 0 aliphatic carbocycles. The molecule has 12 heteroatoms. The number of nitrogens with zero attached hydrogens (tertiary/aromatic N) is 2. The largest absolute Gasteiger partial charge is 0.493 e. The zero-order chi connectivity index (χ0) is 27.2. The molecule has 1 heterocycles. The number of carbonyl (C=O) groups is 2. The van der Waals surface area contributed by atoms with Gasteiger partial charge in [-0.2, -0.15) is 5.10 Å². The number of benzene rings is 3. The summed E-state index contributed by atoms with van der Waals surface area (Å²) >= 11 is 6.34. The number of hydrogen-bond acceptors (Lipinski definition) is 8. The molecule has 11 nitrogen and oxygen atoms in total. The lowest BCUT2D eigenvalue weighted by Crippen LogP contribution is -2.20. The van der Waals surface area contributed by atoms with E-state index in [-0.39, 0.29) is 40.5 Å². The number of rotatable bonds is 9. The van der Waals surface area contributed by atoms with Gasteiger partial charge in [0, 0.05) is 23.2 Å². The number of methoxy groups -OCH3 is 1. The third kappa shape index (κ3) is 6.26. The SMILES string of the molecule is COc1cc(/C=N\NC(=O)c2cc3cc([N+](=O)[O-])ccc3o2)cc(Cl)c1OCC(=O)Nc1ccc(C)cc1. The van der Waals surface area contributed by atoms with E-state index in [1.165, 1.54) is 43.7 Å². The minimum atomic E-state index is -0.655. The summed E-state index contributed by atoms with van der Waals surface area (Å²) in [6, 6.07) is 15.8. The number of hydrazone groups is 1. The van der Waals surface area contributed by atoms with Gasteiger partial charge in [-0.1, -0.05) is 29.3 Å². The van der Waals surface area contributed by atoms with Gasteiger partial charge in [0.1, 0.15) is 5.58 Å². The third-order valence-electron chi connectivity index (χ3n) is 5.25. The number of carbonyl (C=O) groups excluding carboxylic acids is 2. The van der Waals surface area contributed by atoms with Gasteiger partial charge >= 0.3 is 5.91 Å². The normalized spacial score (nSPS) is 10.9. The minimum Gasteiger partial charge on any atom is -0.493 e. The predicted molar refractivity (Wildman–Crippen MR) is 141 cm³/mol. The maximum Gasteiger partial charge on any atom is 0.307 e. The zero-order valence-corrected chi connectivity index (χ0v) is 20.9. The van der Waals surface area contributed by atoms with Gasteiger partial charge < -0.3 is 19.2 Å². The summed E-state index contributed by atoms with van der Waals surface area (Å²) in [5.41, 5.74) is 4.71. The number of nitro groups is 1. The van der Waals surface area contributed by atoms with Gasteiger partial charge in [-0.25, -0.2) is 5.43 Å². The molecule has 0 unspecified atom stereocenters. The van der Waals surface area contributed by atoms with Crippen LogP contribution in [0, 0.1) is 17.0 Å². The first kappa shape index (κ1) is 26.2. The molecule has 4 aromatic rings. The van der Waals surface area contributed by atoms with Crippen LogP contribution < -0.4 is 20.2 Å². The second-order valence-electron chi connectivity index (χ2n) is 8.03. The van der Waals surface area contributed by atoms with Crippen LogP contribution in [0.3, 0.4) is 0 Å². The first-order chi connectivity index (χ1) is 18.2. The van der Waals surface area contributed by atoms with Gasteiger partial charge in [0.25, 0.3) is 11.6 Å². The van der Waals surface area contributed by atoms with Crippen molar-refractivity contribution in [3.8, 4) is 11.5 Å². The number of non-ortho nitro benzene ring substituents is 1. The van der Waals surface area contributed by atoms with Crippen molar-refractivity contribution in [3.05, 3.63) is 92.7 Å². The molecule has 0 atom stereocenters. The number of nitrogens with one attached hydrogen (secondary N) is 2. The number of amides is 2. The second kappa shape index (κ2) is 11.4. The smallest absolute Gasteiger partial charge is 0.307 e. The van der Waals surface area contributed by atoms with E-state index in [4.69, 9.17) is 25.5 Å². The molecular weight excluding hydrogens is 516 g/mol. The van der Waals surface area contributed by atoms with E-state index >= 15 is 0 Å². The van der Waals surface area contributed by atoms with Gasteiger partial charge in [-0.15, -0.1) is 0 Å². The molecule has 1 aromatic heterocycles. The molecule has 0 aliphatic rings. The van der Waals surface area contributed by atoms with Crippen molar-refractivity contribution in [2.45, 2.75) is 6.92 Å². The van der Waals surface area contributed by atoms with Crippen LogP contribution in [0.15, 0.2) is 70.2 Å². The molecule has 2 N–H and O–H groups in total. The highest BCUT2D eigenvalue weighted by molar-refractivity contribution is 6.32. The van der Waals surface area contributed by atoms with Gasteiger partial charge in [0.2, 0.25) is 0 Å². The summed E-state index contributed by atoms with van der Waals surface area (Å²) in [7, 11) is 1.42. The zero-order valence-electron chi connectivity index (χ0n) is 20.2. The maximum absolute atomic E-state index is 12.4. The average Bonchev–Trinajstić information content (AvgIpc) is 3.33. The molecule has 3 aromatic carbocycles. The maximum atomic E-state index is 12.4. The van der Waals surface area contributed by atoms with Gasteiger partial charge in [0.05, 0.1) is 23.3 Å². The molecule has 38 heavy (non-hydrogen) atoms. The second-order valence-corrected chi connectivity index (χ2v) is 8.43. The summed E-state index contributed by atoms with van der Waals surface area (Å²) < 4.78 is 16.3. The van der Waals surface area contributed by atoms with Gasteiger partial charge in [-0.05, 0) is 48.9 Å².